The molecule has 0 aromatic carbocycles. The van der Waals surface area contributed by atoms with Crippen LogP contribution in [0.3, 0.4) is 0 Å². The second-order valence-corrected chi connectivity index (χ2v) is 1.75. The van der Waals surface area contributed by atoms with Crippen LogP contribution in [-0.4, -0.2) is 11.1 Å². The van der Waals surface area contributed by atoms with Crippen LogP contribution < -0.4 is 5.73 Å². The van der Waals surface area contributed by atoms with E-state index in [2.05, 4.69) is 0 Å². The molecule has 3 heteroatoms. The van der Waals surface area contributed by atoms with E-state index >= 15 is 0 Å². The topological polar surface area (TPSA) is 63.3 Å². The molecule has 0 atom stereocenters. The molecule has 52 valence electrons. The summed E-state index contributed by atoms with van der Waals surface area (Å²) in [5.74, 6) is -0.917. The van der Waals surface area contributed by atoms with Gasteiger partial charge in [0, 0.05) is 6.20 Å². The molecular weight excluding hydrogens is 118 g/mol. The summed E-state index contributed by atoms with van der Waals surface area (Å²) >= 11 is 0. The van der Waals surface area contributed by atoms with Crippen LogP contribution in [0.4, 0.5) is 0 Å². The van der Waals surface area contributed by atoms with Crippen LogP contribution in [0.2, 0.25) is 0 Å². The number of rotatable bonds is 3. The molecule has 3 N–H and O–H groups in total. The quantitative estimate of drug-likeness (QED) is 0.552. The molecule has 0 aliphatic carbocycles. The number of nitrogens with two attached hydrogens (primary N) is 1. The molecule has 0 spiro atoms. The summed E-state index contributed by atoms with van der Waals surface area (Å²) in [6, 6.07) is 0. The zero-order chi connectivity index (χ0) is 7.28. The van der Waals surface area contributed by atoms with Crippen molar-refractivity contribution in [3.8, 4) is 0 Å². The van der Waals surface area contributed by atoms with Crippen molar-refractivity contribution in [2.75, 3.05) is 0 Å². The molecule has 3 nitrogen and oxygen atoms in total. The maximum atomic E-state index is 10.2. The number of carboxylic acids is 1. The lowest BCUT2D eigenvalue weighted by molar-refractivity contribution is -0.132. The molecule has 0 unspecified atom stereocenters. The Morgan fingerprint density at radius 3 is 2.44 bits per heavy atom. The van der Waals surface area contributed by atoms with Crippen molar-refractivity contribution in [3.63, 3.8) is 0 Å². The molecule has 0 fully saturated rings. The molecule has 0 aliphatic heterocycles. The fourth-order valence-corrected chi connectivity index (χ4v) is 0.531. The van der Waals surface area contributed by atoms with Gasteiger partial charge in [-0.25, -0.2) is 4.79 Å². The van der Waals surface area contributed by atoms with E-state index in [1.807, 2.05) is 6.92 Å². The summed E-state index contributed by atoms with van der Waals surface area (Å²) in [7, 11) is 0. The number of hydrogen-bond donors (Lipinski definition) is 2. The van der Waals surface area contributed by atoms with Gasteiger partial charge in [-0.2, -0.15) is 0 Å². The number of carboxylic acid groups (broad SMARTS) is 1. The van der Waals surface area contributed by atoms with E-state index in [0.29, 0.717) is 6.42 Å². The van der Waals surface area contributed by atoms with E-state index in [0.717, 1.165) is 12.6 Å². The molecule has 0 heterocycles. The third-order valence-corrected chi connectivity index (χ3v) is 0.995. The predicted molar refractivity (Wildman–Crippen MR) is 34.8 cm³/mol. The molecule has 0 saturated heterocycles. The van der Waals surface area contributed by atoms with Gasteiger partial charge in [0.25, 0.3) is 0 Å². The fraction of sp³-hybridized carbons (Fsp3) is 0.500. The number of hydrogen-bond acceptors (Lipinski definition) is 2. The highest BCUT2D eigenvalue weighted by Gasteiger charge is 2.02. The smallest absolute Gasteiger partial charge is 0.333 e. The van der Waals surface area contributed by atoms with Gasteiger partial charge in [-0.3, -0.25) is 0 Å². The highest BCUT2D eigenvalue weighted by atomic mass is 16.4. The Labute approximate surface area is 54.2 Å². The summed E-state index contributed by atoms with van der Waals surface area (Å²) in [5.41, 5.74) is 5.31. The largest absolute Gasteiger partial charge is 0.478 e. The lowest BCUT2D eigenvalue weighted by atomic mass is 10.2. The minimum atomic E-state index is -0.917. The zero-order valence-electron chi connectivity index (χ0n) is 5.42. The Hall–Kier alpha value is -0.990. The lowest BCUT2D eigenvalue weighted by Gasteiger charge is -1.94. The van der Waals surface area contributed by atoms with Crippen LogP contribution in [0, 0.1) is 0 Å². The van der Waals surface area contributed by atoms with E-state index in [1.54, 1.807) is 0 Å². The molecule has 0 saturated carbocycles. The molecule has 0 aliphatic rings. The fourth-order valence-electron chi connectivity index (χ4n) is 0.531. The highest BCUT2D eigenvalue weighted by molar-refractivity contribution is 5.86. The van der Waals surface area contributed by atoms with Crippen LogP contribution in [-0.2, 0) is 4.79 Å². The summed E-state index contributed by atoms with van der Waals surface area (Å²) < 4.78 is 0. The van der Waals surface area contributed by atoms with E-state index < -0.39 is 5.97 Å². The van der Waals surface area contributed by atoms with E-state index in [4.69, 9.17) is 10.8 Å². The number of carbonyl (C=O) groups is 1. The second kappa shape index (κ2) is 3.95. The van der Waals surface area contributed by atoms with Crippen LogP contribution in [0.1, 0.15) is 19.8 Å². The van der Waals surface area contributed by atoms with Gasteiger partial charge in [0.2, 0.25) is 0 Å². The van der Waals surface area contributed by atoms with E-state index in [-0.39, 0.29) is 5.57 Å². The molecule has 0 bridgehead atoms. The van der Waals surface area contributed by atoms with Crippen molar-refractivity contribution in [2.45, 2.75) is 19.8 Å². The molecule has 0 aromatic rings. The van der Waals surface area contributed by atoms with Crippen LogP contribution >= 0.6 is 0 Å². The third-order valence-electron chi connectivity index (χ3n) is 0.995. The van der Waals surface area contributed by atoms with Gasteiger partial charge < -0.3 is 10.8 Å². The Balaban J connectivity index is 3.85. The van der Waals surface area contributed by atoms with Gasteiger partial charge in [0.15, 0.2) is 0 Å². The molecule has 0 radical (unpaired) electrons. The maximum Gasteiger partial charge on any atom is 0.333 e. The second-order valence-electron chi connectivity index (χ2n) is 1.75. The average Bonchev–Trinajstić information content (AvgIpc) is 1.82. The van der Waals surface area contributed by atoms with E-state index in [1.165, 1.54) is 0 Å². The van der Waals surface area contributed by atoms with Crippen LogP contribution in [0.5, 0.6) is 0 Å². The molecular formula is C6H11NO2. The van der Waals surface area contributed by atoms with Gasteiger partial charge in [0.05, 0.1) is 5.57 Å². The molecule has 0 aromatic heterocycles. The molecule has 9 heavy (non-hydrogen) atoms. The summed E-state index contributed by atoms with van der Waals surface area (Å²) in [4.78, 5) is 10.2. The summed E-state index contributed by atoms with van der Waals surface area (Å²) in [6.45, 7) is 1.91. The van der Waals surface area contributed by atoms with Crippen LogP contribution in [0.25, 0.3) is 0 Å². The minimum absolute atomic E-state index is 0.289. The first-order valence-corrected chi connectivity index (χ1v) is 2.86. The van der Waals surface area contributed by atoms with Gasteiger partial charge in [-0.15, -0.1) is 0 Å². The van der Waals surface area contributed by atoms with Gasteiger partial charge in [0.1, 0.15) is 0 Å². The standard InChI is InChI=1S/C6H11NO2/c1-2-3-5(4-7)6(8)9/h4H,2-3,7H2,1H3,(H,8,9). The minimum Gasteiger partial charge on any atom is -0.478 e. The summed E-state index contributed by atoms with van der Waals surface area (Å²) in [6.07, 6.45) is 2.51. The van der Waals surface area contributed by atoms with Gasteiger partial charge in [-0.05, 0) is 6.42 Å². The van der Waals surface area contributed by atoms with Crippen molar-refractivity contribution in [2.24, 2.45) is 5.73 Å². The first kappa shape index (κ1) is 8.01. The van der Waals surface area contributed by atoms with Crippen molar-refractivity contribution >= 4 is 5.97 Å². The zero-order valence-corrected chi connectivity index (χ0v) is 5.42. The maximum absolute atomic E-state index is 10.2. The normalized spacial score (nSPS) is 11.4. The first-order chi connectivity index (χ1) is 4.22. The Bertz CT molecular complexity index is 129. The third kappa shape index (κ3) is 2.74. The van der Waals surface area contributed by atoms with Crippen molar-refractivity contribution in [1.29, 1.82) is 0 Å². The van der Waals surface area contributed by atoms with E-state index in [9.17, 15) is 4.79 Å². The van der Waals surface area contributed by atoms with Gasteiger partial charge in [-0.1, -0.05) is 13.3 Å². The predicted octanol–water partition coefficient (Wildman–Crippen LogP) is 0.714. The average molecular weight is 129 g/mol. The molecule has 0 amide bonds. The Morgan fingerprint density at radius 1 is 1.78 bits per heavy atom. The van der Waals surface area contributed by atoms with Crippen molar-refractivity contribution in [3.05, 3.63) is 11.8 Å². The Morgan fingerprint density at radius 2 is 2.33 bits per heavy atom. The number of aliphatic carboxylic acids is 1. The lowest BCUT2D eigenvalue weighted by Crippen LogP contribution is -2.02. The molecule has 0 rings (SSSR count). The van der Waals surface area contributed by atoms with Crippen molar-refractivity contribution < 1.29 is 9.90 Å². The highest BCUT2D eigenvalue weighted by Crippen LogP contribution is 2.01. The van der Waals surface area contributed by atoms with Crippen molar-refractivity contribution in [1.82, 2.24) is 0 Å². The summed E-state index contributed by atoms with van der Waals surface area (Å²) in [5, 5.41) is 8.36. The monoisotopic (exact) mass is 129 g/mol. The van der Waals surface area contributed by atoms with Crippen LogP contribution in [0.15, 0.2) is 11.8 Å². The first-order valence-electron chi connectivity index (χ1n) is 2.86. The SMILES string of the molecule is CCCC(=CN)C(=O)O. The van der Waals surface area contributed by atoms with Gasteiger partial charge >= 0.3 is 5.97 Å². The Kier molecular flexibility index (Phi) is 3.51.